The molecule has 0 radical (unpaired) electrons. The largest absolute Gasteiger partial charge is 0.317 e. The van der Waals surface area contributed by atoms with E-state index in [4.69, 9.17) is 17.3 Å². The van der Waals surface area contributed by atoms with Crippen molar-refractivity contribution < 1.29 is 4.79 Å². The summed E-state index contributed by atoms with van der Waals surface area (Å²) in [6.07, 6.45) is 0.678. The third kappa shape index (κ3) is 2.45. The Kier molecular flexibility index (Phi) is 4.68. The summed E-state index contributed by atoms with van der Waals surface area (Å²) in [4.78, 5) is 10.9. The van der Waals surface area contributed by atoms with Crippen LogP contribution in [0.25, 0.3) is 0 Å². The molecular weight excluding hydrogens is 205 g/mol. The van der Waals surface area contributed by atoms with Crippen LogP contribution >= 0.6 is 35.3 Å². The molecule has 1 heterocycles. The fourth-order valence-electron chi connectivity index (χ4n) is 0.605. The molecule has 5 heteroatoms. The molecular formula is C6H7Cl2NOS. The molecule has 1 atom stereocenters. The molecule has 0 spiro atoms. The summed E-state index contributed by atoms with van der Waals surface area (Å²) in [6, 6.07) is 1.16. The van der Waals surface area contributed by atoms with Gasteiger partial charge in [0.15, 0.2) is 0 Å². The number of thiophene rings is 1. The van der Waals surface area contributed by atoms with E-state index in [1.165, 1.54) is 11.3 Å². The number of nitrogens with two attached hydrogens (primary N) is 1. The van der Waals surface area contributed by atoms with Crippen molar-refractivity contribution in [3.8, 4) is 0 Å². The molecule has 11 heavy (non-hydrogen) atoms. The zero-order chi connectivity index (χ0) is 7.56. The first-order valence-electron chi connectivity index (χ1n) is 2.69. The second-order valence-corrected chi connectivity index (χ2v) is 3.15. The molecule has 0 saturated heterocycles. The molecule has 0 aliphatic heterocycles. The van der Waals surface area contributed by atoms with Gasteiger partial charge in [0.05, 0.1) is 11.1 Å². The van der Waals surface area contributed by atoms with Crippen molar-refractivity contribution in [2.24, 2.45) is 5.73 Å². The topological polar surface area (TPSA) is 43.1 Å². The quantitative estimate of drug-likeness (QED) is 0.762. The first-order valence-corrected chi connectivity index (χ1v) is 3.95. The number of hydrogen-bond acceptors (Lipinski definition) is 3. The monoisotopic (exact) mass is 211 g/mol. The van der Waals surface area contributed by atoms with Crippen LogP contribution in [-0.2, 0) is 4.79 Å². The second-order valence-electron chi connectivity index (χ2n) is 1.79. The number of hydrogen-bond donors (Lipinski definition) is 1. The predicted molar refractivity (Wildman–Crippen MR) is 49.6 cm³/mol. The van der Waals surface area contributed by atoms with Gasteiger partial charge >= 0.3 is 0 Å². The lowest BCUT2D eigenvalue weighted by molar-refractivity contribution is -0.108. The summed E-state index contributed by atoms with van der Waals surface area (Å²) in [7, 11) is 0. The van der Waals surface area contributed by atoms with E-state index in [-0.39, 0.29) is 12.4 Å². The minimum absolute atomic E-state index is 0. The Balaban J connectivity index is 0.000001000. The maximum atomic E-state index is 10.2. The van der Waals surface area contributed by atoms with Gasteiger partial charge in [0, 0.05) is 4.88 Å². The van der Waals surface area contributed by atoms with Crippen LogP contribution in [0.4, 0.5) is 0 Å². The van der Waals surface area contributed by atoms with Crippen molar-refractivity contribution in [2.75, 3.05) is 0 Å². The van der Waals surface area contributed by atoms with E-state index in [0.29, 0.717) is 11.3 Å². The molecule has 62 valence electrons. The Morgan fingerprint density at radius 3 is 2.73 bits per heavy atom. The average Bonchev–Trinajstić information content (AvgIpc) is 2.34. The van der Waals surface area contributed by atoms with Gasteiger partial charge in [-0.3, -0.25) is 0 Å². The Morgan fingerprint density at radius 1 is 1.73 bits per heavy atom. The number of carbonyl (C=O) groups excluding carboxylic acids is 1. The molecule has 0 bridgehead atoms. The van der Waals surface area contributed by atoms with Crippen molar-refractivity contribution in [1.82, 2.24) is 0 Å². The fraction of sp³-hybridized carbons (Fsp3) is 0.167. The molecule has 2 nitrogen and oxygen atoms in total. The Morgan fingerprint density at radius 2 is 2.36 bits per heavy atom. The van der Waals surface area contributed by atoms with Gasteiger partial charge in [-0.05, 0) is 11.4 Å². The smallest absolute Gasteiger partial charge is 0.142 e. The molecule has 1 aromatic rings. The van der Waals surface area contributed by atoms with Crippen molar-refractivity contribution in [3.63, 3.8) is 0 Å². The van der Waals surface area contributed by atoms with Crippen LogP contribution in [0, 0.1) is 0 Å². The molecule has 1 rings (SSSR count). The van der Waals surface area contributed by atoms with Crippen LogP contribution in [0.15, 0.2) is 11.4 Å². The zero-order valence-corrected chi connectivity index (χ0v) is 7.88. The van der Waals surface area contributed by atoms with Crippen molar-refractivity contribution in [3.05, 3.63) is 21.3 Å². The van der Waals surface area contributed by atoms with Crippen LogP contribution in [0.1, 0.15) is 10.9 Å². The number of halogens is 2. The maximum absolute atomic E-state index is 10.2. The van der Waals surface area contributed by atoms with Gasteiger partial charge in [0.25, 0.3) is 0 Å². The van der Waals surface area contributed by atoms with E-state index in [1.807, 2.05) is 0 Å². The molecule has 0 fully saturated rings. The second kappa shape index (κ2) is 4.72. The van der Waals surface area contributed by atoms with Crippen LogP contribution < -0.4 is 5.73 Å². The van der Waals surface area contributed by atoms with Gasteiger partial charge in [-0.15, -0.1) is 23.7 Å². The molecule has 2 N–H and O–H groups in total. The number of aldehydes is 1. The molecule has 1 aromatic heterocycles. The average molecular weight is 212 g/mol. The van der Waals surface area contributed by atoms with Gasteiger partial charge in [-0.25, -0.2) is 0 Å². The molecule has 1 unspecified atom stereocenters. The minimum Gasteiger partial charge on any atom is -0.317 e. The van der Waals surface area contributed by atoms with Gasteiger partial charge in [-0.1, -0.05) is 11.6 Å². The SMILES string of the molecule is Cl.NC(C=O)c1sccc1Cl. The first-order chi connectivity index (χ1) is 4.75. The van der Waals surface area contributed by atoms with E-state index < -0.39 is 6.04 Å². The summed E-state index contributed by atoms with van der Waals surface area (Å²) < 4.78 is 0. The lowest BCUT2D eigenvalue weighted by Crippen LogP contribution is -2.09. The fourth-order valence-corrected chi connectivity index (χ4v) is 1.75. The third-order valence-corrected chi connectivity index (χ3v) is 2.55. The first kappa shape index (κ1) is 10.9. The zero-order valence-electron chi connectivity index (χ0n) is 5.49. The lowest BCUT2D eigenvalue weighted by Gasteiger charge is -1.98. The normalized spacial score (nSPS) is 11.8. The highest BCUT2D eigenvalue weighted by Gasteiger charge is 2.08. The Hall–Kier alpha value is -0.0900. The van der Waals surface area contributed by atoms with E-state index in [2.05, 4.69) is 0 Å². The molecule has 0 aliphatic rings. The number of rotatable bonds is 2. The van der Waals surface area contributed by atoms with E-state index >= 15 is 0 Å². The molecule has 0 aliphatic carbocycles. The highest BCUT2D eigenvalue weighted by atomic mass is 35.5. The van der Waals surface area contributed by atoms with Crippen LogP contribution in [0.3, 0.4) is 0 Å². The molecule has 0 saturated carbocycles. The summed E-state index contributed by atoms with van der Waals surface area (Å²) in [5.41, 5.74) is 5.40. The van der Waals surface area contributed by atoms with Crippen molar-refractivity contribution in [1.29, 1.82) is 0 Å². The standard InChI is InChI=1S/C6H6ClNOS.ClH/c7-4-1-2-10-6(4)5(8)3-9;/h1-3,5H,8H2;1H. The Bertz CT molecular complexity index is 238. The lowest BCUT2D eigenvalue weighted by atomic mass is 10.3. The van der Waals surface area contributed by atoms with E-state index in [0.717, 1.165) is 4.88 Å². The number of carbonyl (C=O) groups is 1. The summed E-state index contributed by atoms with van der Waals surface area (Å²) >= 11 is 7.08. The summed E-state index contributed by atoms with van der Waals surface area (Å²) in [5.74, 6) is 0. The van der Waals surface area contributed by atoms with E-state index in [1.54, 1.807) is 11.4 Å². The highest BCUT2D eigenvalue weighted by molar-refractivity contribution is 7.10. The van der Waals surface area contributed by atoms with Crippen molar-refractivity contribution in [2.45, 2.75) is 6.04 Å². The van der Waals surface area contributed by atoms with Crippen molar-refractivity contribution >= 4 is 41.6 Å². The third-order valence-electron chi connectivity index (χ3n) is 1.09. The van der Waals surface area contributed by atoms with Crippen LogP contribution in [0.5, 0.6) is 0 Å². The van der Waals surface area contributed by atoms with Crippen LogP contribution in [-0.4, -0.2) is 6.29 Å². The summed E-state index contributed by atoms with van der Waals surface area (Å²) in [5, 5.41) is 2.38. The highest BCUT2D eigenvalue weighted by Crippen LogP contribution is 2.25. The van der Waals surface area contributed by atoms with Gasteiger partial charge in [-0.2, -0.15) is 0 Å². The summed E-state index contributed by atoms with van der Waals surface area (Å²) in [6.45, 7) is 0. The van der Waals surface area contributed by atoms with E-state index in [9.17, 15) is 4.79 Å². The molecule has 0 aromatic carbocycles. The maximum Gasteiger partial charge on any atom is 0.142 e. The predicted octanol–water partition coefficient (Wildman–Crippen LogP) is 2.02. The minimum atomic E-state index is -0.563. The van der Waals surface area contributed by atoms with Gasteiger partial charge in [0.2, 0.25) is 0 Å². The molecule has 0 amide bonds. The van der Waals surface area contributed by atoms with Crippen LogP contribution in [0.2, 0.25) is 5.02 Å². The Labute approximate surface area is 79.8 Å². The van der Waals surface area contributed by atoms with Gasteiger partial charge in [0.1, 0.15) is 6.29 Å². The van der Waals surface area contributed by atoms with Gasteiger partial charge < -0.3 is 10.5 Å².